The second-order valence-electron chi connectivity index (χ2n) is 6.15. The molecular formula is C21H22N4O3. The molecular weight excluding hydrogens is 356 g/mol. The minimum Gasteiger partial charge on any atom is -0.422 e. The highest BCUT2D eigenvalue weighted by Crippen LogP contribution is 2.21. The van der Waals surface area contributed by atoms with Gasteiger partial charge in [-0.15, -0.1) is 0 Å². The molecule has 3 N–H and O–H groups in total. The van der Waals surface area contributed by atoms with Crippen molar-refractivity contribution >= 4 is 28.4 Å². The summed E-state index contributed by atoms with van der Waals surface area (Å²) in [7, 11) is 0. The van der Waals surface area contributed by atoms with Crippen LogP contribution in [0.25, 0.3) is 11.0 Å². The Balaban J connectivity index is 1.88. The predicted octanol–water partition coefficient (Wildman–Crippen LogP) is 2.69. The van der Waals surface area contributed by atoms with E-state index in [-0.39, 0.29) is 11.4 Å². The van der Waals surface area contributed by atoms with Gasteiger partial charge in [0.1, 0.15) is 11.1 Å². The fourth-order valence-electron chi connectivity index (χ4n) is 2.89. The summed E-state index contributed by atoms with van der Waals surface area (Å²) in [5.74, 6) is -0.537. The van der Waals surface area contributed by atoms with Crippen LogP contribution in [0.5, 0.6) is 0 Å². The predicted molar refractivity (Wildman–Crippen MR) is 111 cm³/mol. The van der Waals surface area contributed by atoms with Crippen molar-refractivity contribution in [2.45, 2.75) is 13.8 Å². The van der Waals surface area contributed by atoms with Crippen LogP contribution in [-0.4, -0.2) is 24.8 Å². The van der Waals surface area contributed by atoms with Gasteiger partial charge in [0.2, 0.25) is 0 Å². The molecule has 0 aliphatic carbocycles. The van der Waals surface area contributed by atoms with Crippen molar-refractivity contribution in [2.75, 3.05) is 18.0 Å². The Morgan fingerprint density at radius 3 is 2.50 bits per heavy atom. The topological polar surface area (TPSA) is 101 Å². The van der Waals surface area contributed by atoms with Crippen molar-refractivity contribution in [3.05, 3.63) is 76.1 Å². The number of hydrogen-bond donors (Lipinski definition) is 2. The number of amidine groups is 1. The lowest BCUT2D eigenvalue weighted by Crippen LogP contribution is -2.27. The highest BCUT2D eigenvalue weighted by Gasteiger charge is 2.12. The van der Waals surface area contributed by atoms with E-state index >= 15 is 0 Å². The van der Waals surface area contributed by atoms with E-state index in [0.717, 1.165) is 24.2 Å². The second kappa shape index (κ2) is 8.39. The maximum Gasteiger partial charge on any atom is 0.347 e. The molecule has 2 aromatic carbocycles. The monoisotopic (exact) mass is 378 g/mol. The zero-order valence-electron chi connectivity index (χ0n) is 15.8. The van der Waals surface area contributed by atoms with E-state index in [4.69, 9.17) is 10.2 Å². The maximum atomic E-state index is 12.4. The minimum absolute atomic E-state index is 0.0939. The number of benzene rings is 2. The first-order valence-electron chi connectivity index (χ1n) is 9.05. The summed E-state index contributed by atoms with van der Waals surface area (Å²) in [6.07, 6.45) is 0. The van der Waals surface area contributed by atoms with Crippen molar-refractivity contribution < 1.29 is 9.21 Å². The number of amides is 1. The molecule has 28 heavy (non-hydrogen) atoms. The van der Waals surface area contributed by atoms with Gasteiger partial charge in [-0.25, -0.2) is 10.2 Å². The van der Waals surface area contributed by atoms with E-state index in [9.17, 15) is 9.59 Å². The molecule has 0 atom stereocenters. The van der Waals surface area contributed by atoms with Gasteiger partial charge >= 0.3 is 5.63 Å². The van der Waals surface area contributed by atoms with E-state index in [1.807, 2.05) is 18.2 Å². The van der Waals surface area contributed by atoms with E-state index in [1.165, 1.54) is 0 Å². The minimum atomic E-state index is -0.612. The molecule has 0 aliphatic heterocycles. The van der Waals surface area contributed by atoms with Gasteiger partial charge in [-0.1, -0.05) is 18.2 Å². The van der Waals surface area contributed by atoms with E-state index in [2.05, 4.69) is 29.3 Å². The fraction of sp³-hybridized carbons (Fsp3) is 0.190. The molecule has 144 valence electrons. The first kappa shape index (κ1) is 19.2. The molecule has 3 rings (SSSR count). The van der Waals surface area contributed by atoms with Crippen LogP contribution >= 0.6 is 0 Å². The molecule has 0 radical (unpaired) electrons. The highest BCUT2D eigenvalue weighted by atomic mass is 16.4. The van der Waals surface area contributed by atoms with Crippen molar-refractivity contribution in [1.29, 1.82) is 0 Å². The molecule has 0 aliphatic rings. The fourth-order valence-corrected chi connectivity index (χ4v) is 2.89. The highest BCUT2D eigenvalue weighted by molar-refractivity contribution is 6.01. The third-order valence-electron chi connectivity index (χ3n) is 4.44. The van der Waals surface area contributed by atoms with Crippen molar-refractivity contribution in [2.24, 2.45) is 10.8 Å². The van der Waals surface area contributed by atoms with E-state index in [1.54, 1.807) is 36.4 Å². The summed E-state index contributed by atoms with van der Waals surface area (Å²) < 4.78 is 5.43. The standard InChI is InChI=1S/C21H22N4O3/c1-3-25(4-2)16-11-10-15-12-17(21(27)28-18(15)13-16)19(22)23-24-20(26)14-8-6-5-7-9-14/h5-13H,3-4H2,1-2H3,(H2,22,23)(H,24,26). The number of nitrogens with one attached hydrogen (secondary N) is 1. The average Bonchev–Trinajstić information content (AvgIpc) is 2.72. The molecule has 1 amide bonds. The number of carbonyl (C=O) groups excluding carboxylic acids is 1. The molecule has 1 heterocycles. The van der Waals surface area contributed by atoms with Crippen LogP contribution in [0.1, 0.15) is 29.8 Å². The smallest absolute Gasteiger partial charge is 0.347 e. The van der Waals surface area contributed by atoms with Crippen LogP contribution in [-0.2, 0) is 0 Å². The van der Waals surface area contributed by atoms with Gasteiger partial charge in [0, 0.05) is 35.8 Å². The normalized spacial score (nSPS) is 11.4. The van der Waals surface area contributed by atoms with Gasteiger partial charge in [0.15, 0.2) is 5.84 Å². The number of hydrazone groups is 1. The van der Waals surface area contributed by atoms with Gasteiger partial charge in [-0.3, -0.25) is 4.79 Å². The number of anilines is 1. The second-order valence-corrected chi connectivity index (χ2v) is 6.15. The molecule has 0 spiro atoms. The largest absolute Gasteiger partial charge is 0.422 e. The number of nitrogens with two attached hydrogens (primary N) is 1. The molecule has 0 unspecified atom stereocenters. The van der Waals surface area contributed by atoms with Gasteiger partial charge in [0.25, 0.3) is 5.91 Å². The molecule has 7 heteroatoms. The summed E-state index contributed by atoms with van der Waals surface area (Å²) in [4.78, 5) is 26.6. The van der Waals surface area contributed by atoms with Crippen LogP contribution in [0, 0.1) is 0 Å². The summed E-state index contributed by atoms with van der Waals surface area (Å²) in [5, 5.41) is 4.56. The maximum absolute atomic E-state index is 12.4. The van der Waals surface area contributed by atoms with E-state index in [0.29, 0.717) is 11.1 Å². The SMILES string of the molecule is CCN(CC)c1ccc2cc(/C(N)=N/NC(=O)c3ccccc3)c(=O)oc2c1. The molecule has 0 fully saturated rings. The molecule has 1 aromatic heterocycles. The zero-order chi connectivity index (χ0) is 20.1. The lowest BCUT2D eigenvalue weighted by Gasteiger charge is -2.21. The van der Waals surface area contributed by atoms with Gasteiger partial charge in [-0.2, -0.15) is 5.10 Å². The summed E-state index contributed by atoms with van der Waals surface area (Å²) >= 11 is 0. The summed E-state index contributed by atoms with van der Waals surface area (Å²) in [5.41, 5.74) is 9.62. The third-order valence-corrected chi connectivity index (χ3v) is 4.44. The number of nitrogens with zero attached hydrogens (tertiary/aromatic N) is 2. The first-order chi connectivity index (χ1) is 13.5. The number of fused-ring (bicyclic) bond motifs is 1. The summed E-state index contributed by atoms with van der Waals surface area (Å²) in [6.45, 7) is 5.83. The zero-order valence-corrected chi connectivity index (χ0v) is 15.8. The van der Waals surface area contributed by atoms with E-state index < -0.39 is 11.5 Å². The van der Waals surface area contributed by atoms with Crippen LogP contribution < -0.4 is 21.7 Å². The Labute approximate surface area is 162 Å². The molecule has 0 saturated carbocycles. The molecule has 7 nitrogen and oxygen atoms in total. The van der Waals surface area contributed by atoms with Crippen molar-refractivity contribution in [3.8, 4) is 0 Å². The quantitative estimate of drug-likeness (QED) is 0.297. The molecule has 0 bridgehead atoms. The van der Waals surface area contributed by atoms with Gasteiger partial charge < -0.3 is 15.1 Å². The van der Waals surface area contributed by atoms with Crippen molar-refractivity contribution in [3.63, 3.8) is 0 Å². The third kappa shape index (κ3) is 4.03. The lowest BCUT2D eigenvalue weighted by atomic mass is 10.1. The Morgan fingerprint density at radius 1 is 1.11 bits per heavy atom. The number of hydrogen-bond acceptors (Lipinski definition) is 5. The summed E-state index contributed by atoms with van der Waals surface area (Å²) in [6, 6.07) is 15.9. The molecule has 0 saturated heterocycles. The van der Waals surface area contributed by atoms with Crippen LogP contribution in [0.2, 0.25) is 0 Å². The number of carbonyl (C=O) groups is 1. The van der Waals surface area contributed by atoms with Crippen molar-refractivity contribution in [1.82, 2.24) is 5.43 Å². The Hall–Kier alpha value is -3.61. The Kier molecular flexibility index (Phi) is 5.74. The van der Waals surface area contributed by atoms with Crippen LogP contribution in [0.15, 0.2) is 68.9 Å². The van der Waals surface area contributed by atoms with Gasteiger partial charge in [-0.05, 0) is 44.2 Å². The first-order valence-corrected chi connectivity index (χ1v) is 9.05. The Bertz CT molecular complexity index is 1070. The Morgan fingerprint density at radius 2 is 1.82 bits per heavy atom. The average molecular weight is 378 g/mol. The van der Waals surface area contributed by atoms with Crippen LogP contribution in [0.4, 0.5) is 5.69 Å². The van der Waals surface area contributed by atoms with Crippen LogP contribution in [0.3, 0.4) is 0 Å². The van der Waals surface area contributed by atoms with Gasteiger partial charge in [0.05, 0.1) is 0 Å². The molecule has 3 aromatic rings. The number of rotatable bonds is 6. The lowest BCUT2D eigenvalue weighted by molar-refractivity contribution is 0.0955.